The van der Waals surface area contributed by atoms with E-state index in [-0.39, 0.29) is 36.0 Å². The van der Waals surface area contributed by atoms with Crippen LogP contribution in [0, 0.1) is 5.92 Å². The fourth-order valence-corrected chi connectivity index (χ4v) is 6.39. The number of benzene rings is 1. The molecule has 0 radical (unpaired) electrons. The van der Waals surface area contributed by atoms with Crippen molar-refractivity contribution in [3.8, 4) is 0 Å². The van der Waals surface area contributed by atoms with E-state index in [9.17, 15) is 13.2 Å². The second-order valence-corrected chi connectivity index (χ2v) is 10.5. The number of carbonyl (C=O) groups excluding carboxylic acids is 1. The number of anilines is 1. The van der Waals surface area contributed by atoms with E-state index < -0.39 is 15.2 Å². The van der Waals surface area contributed by atoms with Crippen LogP contribution in [0.3, 0.4) is 0 Å². The van der Waals surface area contributed by atoms with Crippen LogP contribution in [-0.4, -0.2) is 56.5 Å². The van der Waals surface area contributed by atoms with Crippen molar-refractivity contribution in [2.24, 2.45) is 5.92 Å². The van der Waals surface area contributed by atoms with Crippen molar-refractivity contribution in [3.63, 3.8) is 0 Å². The number of furan rings is 1. The summed E-state index contributed by atoms with van der Waals surface area (Å²) in [7, 11) is -3.23. The number of carbonyl (C=O) groups is 1. The van der Waals surface area contributed by atoms with E-state index in [2.05, 4.69) is 22.5 Å². The van der Waals surface area contributed by atoms with Crippen molar-refractivity contribution in [3.05, 3.63) is 54.0 Å². The van der Waals surface area contributed by atoms with Crippen molar-refractivity contribution in [1.29, 1.82) is 0 Å². The number of likely N-dealkylation sites (N-methyl/N-ethyl adjacent to an activating group) is 1. The summed E-state index contributed by atoms with van der Waals surface area (Å²) in [5.41, 5.74) is 1.73. The van der Waals surface area contributed by atoms with E-state index in [0.717, 1.165) is 31.5 Å². The fraction of sp³-hybridized carbons (Fsp3) is 0.522. The van der Waals surface area contributed by atoms with Gasteiger partial charge in [-0.3, -0.25) is 9.69 Å². The van der Waals surface area contributed by atoms with Crippen LogP contribution in [0.15, 0.2) is 47.1 Å². The Morgan fingerprint density at radius 3 is 2.56 bits per heavy atom. The first-order valence-electron chi connectivity index (χ1n) is 10.9. The first kappa shape index (κ1) is 26.4. The largest absolute Gasteiger partial charge is 0.459 e. The average Bonchev–Trinajstić information content (AvgIpc) is 3.27. The normalized spacial score (nSPS) is 16.9. The first-order chi connectivity index (χ1) is 14.8. The van der Waals surface area contributed by atoms with E-state index in [1.165, 1.54) is 12.5 Å². The van der Waals surface area contributed by atoms with Crippen molar-refractivity contribution in [2.45, 2.75) is 44.5 Å². The van der Waals surface area contributed by atoms with E-state index >= 15 is 0 Å². The number of rotatable bonds is 9. The first-order valence-corrected chi connectivity index (χ1v) is 12.8. The van der Waals surface area contributed by atoms with Crippen LogP contribution < -0.4 is 10.6 Å². The van der Waals surface area contributed by atoms with Crippen LogP contribution in [0.1, 0.15) is 42.8 Å². The summed E-state index contributed by atoms with van der Waals surface area (Å²) in [6, 6.07) is 11.0. The Hall–Kier alpha value is -1.87. The monoisotopic (exact) mass is 483 g/mol. The Morgan fingerprint density at radius 1 is 1.25 bits per heavy atom. The number of amides is 1. The van der Waals surface area contributed by atoms with Crippen LogP contribution >= 0.6 is 12.4 Å². The number of nitrogens with zero attached hydrogens (tertiary/aromatic N) is 1. The second kappa shape index (κ2) is 11.8. The molecule has 32 heavy (non-hydrogen) atoms. The molecular formula is C23H34ClN3O4S. The topological polar surface area (TPSA) is 91.7 Å². The number of hydrogen-bond donors (Lipinski definition) is 2. The van der Waals surface area contributed by atoms with E-state index in [1.807, 2.05) is 31.2 Å². The van der Waals surface area contributed by atoms with Crippen LogP contribution in [0.25, 0.3) is 0 Å². The molecule has 2 aromatic rings. The molecule has 2 unspecified atom stereocenters. The van der Waals surface area contributed by atoms with Crippen molar-refractivity contribution in [1.82, 2.24) is 10.2 Å². The predicted octanol–water partition coefficient (Wildman–Crippen LogP) is 3.58. The van der Waals surface area contributed by atoms with Gasteiger partial charge in [0.1, 0.15) is 5.37 Å². The molecule has 1 amide bonds. The molecule has 1 aromatic heterocycles. The number of halogens is 1. The fourth-order valence-electron chi connectivity index (χ4n) is 4.57. The molecule has 0 saturated carbocycles. The zero-order chi connectivity index (χ0) is 22.4. The molecule has 7 nitrogen and oxygen atoms in total. The van der Waals surface area contributed by atoms with Gasteiger partial charge in [0.15, 0.2) is 15.6 Å². The average molecular weight is 484 g/mol. The molecule has 178 valence electrons. The van der Waals surface area contributed by atoms with Gasteiger partial charge in [0.25, 0.3) is 5.91 Å². The molecule has 1 aliphatic heterocycles. The third-order valence-electron chi connectivity index (χ3n) is 5.94. The summed E-state index contributed by atoms with van der Waals surface area (Å²) in [5.74, 6) is 0.0971. The van der Waals surface area contributed by atoms with E-state index in [4.69, 9.17) is 4.42 Å². The summed E-state index contributed by atoms with van der Waals surface area (Å²) in [6.45, 7) is 6.49. The smallest absolute Gasteiger partial charge is 0.291 e. The zero-order valence-corrected chi connectivity index (χ0v) is 20.5. The highest BCUT2D eigenvalue weighted by molar-refractivity contribution is 7.91. The lowest BCUT2D eigenvalue weighted by atomic mass is 9.95. The number of hydrogen-bond acceptors (Lipinski definition) is 6. The Kier molecular flexibility index (Phi) is 9.76. The number of piperidine rings is 1. The molecule has 1 aromatic carbocycles. The van der Waals surface area contributed by atoms with Gasteiger partial charge < -0.3 is 15.1 Å². The summed E-state index contributed by atoms with van der Waals surface area (Å²) >= 11 is 0. The Labute approximate surface area is 197 Å². The molecule has 2 N–H and O–H groups in total. The minimum atomic E-state index is -3.23. The summed E-state index contributed by atoms with van der Waals surface area (Å²) in [5, 5.41) is 5.70. The quantitative estimate of drug-likeness (QED) is 0.566. The summed E-state index contributed by atoms with van der Waals surface area (Å²) in [6.07, 6.45) is 5.26. The minimum absolute atomic E-state index is 0. The van der Waals surface area contributed by atoms with Crippen LogP contribution in [0.4, 0.5) is 5.69 Å². The van der Waals surface area contributed by atoms with Crippen molar-refractivity contribution in [2.75, 3.05) is 31.2 Å². The SMILES string of the molecule is CCN(C(C)Cc1cccc(NC(=O)c2ccco2)c1)C(C1CCNCC1)S(C)(=O)=O.Cl. The molecular weight excluding hydrogens is 450 g/mol. The lowest BCUT2D eigenvalue weighted by Crippen LogP contribution is -2.52. The van der Waals surface area contributed by atoms with Gasteiger partial charge in [-0.25, -0.2) is 8.42 Å². The molecule has 3 rings (SSSR count). The van der Waals surface area contributed by atoms with Gasteiger partial charge in [-0.15, -0.1) is 12.4 Å². The standard InChI is InChI=1S/C23H33N3O4S.ClH/c1-4-26(23(31(3,28)29)19-10-12-24-13-11-19)17(2)15-18-7-5-8-20(16-18)25-22(27)21-9-6-14-30-21;/h5-9,14,16-17,19,23-24H,4,10-13,15H2,1-3H3,(H,25,27);1H. The van der Waals surface area contributed by atoms with Crippen LogP contribution in [-0.2, 0) is 16.3 Å². The van der Waals surface area contributed by atoms with E-state index in [1.54, 1.807) is 12.1 Å². The van der Waals surface area contributed by atoms with Crippen molar-refractivity contribution >= 4 is 33.8 Å². The maximum absolute atomic E-state index is 12.8. The van der Waals surface area contributed by atoms with Gasteiger partial charge in [0.2, 0.25) is 0 Å². The highest BCUT2D eigenvalue weighted by Crippen LogP contribution is 2.28. The van der Waals surface area contributed by atoms with Crippen molar-refractivity contribution < 1.29 is 17.6 Å². The van der Waals surface area contributed by atoms with Crippen LogP contribution in [0.5, 0.6) is 0 Å². The lowest BCUT2D eigenvalue weighted by Gasteiger charge is -2.40. The van der Waals surface area contributed by atoms with Gasteiger partial charge in [-0.2, -0.15) is 0 Å². The highest BCUT2D eigenvalue weighted by atomic mass is 35.5. The highest BCUT2D eigenvalue weighted by Gasteiger charge is 2.37. The van der Waals surface area contributed by atoms with Gasteiger partial charge in [-0.05, 0) is 81.6 Å². The third kappa shape index (κ3) is 6.81. The molecule has 0 spiro atoms. The Balaban J connectivity index is 0.00000363. The molecule has 1 fully saturated rings. The second-order valence-electron chi connectivity index (χ2n) is 8.32. The molecule has 2 heterocycles. The van der Waals surface area contributed by atoms with Gasteiger partial charge in [0.05, 0.1) is 6.26 Å². The molecule has 0 aliphatic carbocycles. The molecule has 1 saturated heterocycles. The predicted molar refractivity (Wildman–Crippen MR) is 130 cm³/mol. The maximum Gasteiger partial charge on any atom is 0.291 e. The lowest BCUT2D eigenvalue weighted by molar-refractivity contribution is 0.0996. The molecule has 0 bridgehead atoms. The third-order valence-corrected chi connectivity index (χ3v) is 7.48. The van der Waals surface area contributed by atoms with Gasteiger partial charge in [0, 0.05) is 18.0 Å². The van der Waals surface area contributed by atoms with Crippen LogP contribution in [0.2, 0.25) is 0 Å². The van der Waals surface area contributed by atoms with Gasteiger partial charge in [-0.1, -0.05) is 19.1 Å². The summed E-state index contributed by atoms with van der Waals surface area (Å²) < 4.78 is 30.7. The minimum Gasteiger partial charge on any atom is -0.459 e. The van der Waals surface area contributed by atoms with Gasteiger partial charge >= 0.3 is 0 Å². The Bertz CT molecular complexity index is 959. The number of nitrogens with one attached hydrogen (secondary N) is 2. The summed E-state index contributed by atoms with van der Waals surface area (Å²) in [4.78, 5) is 14.4. The Morgan fingerprint density at radius 2 is 1.97 bits per heavy atom. The maximum atomic E-state index is 12.8. The molecule has 9 heteroatoms. The number of sulfone groups is 1. The molecule has 1 aliphatic rings. The molecule has 2 atom stereocenters. The zero-order valence-electron chi connectivity index (χ0n) is 18.9. The van der Waals surface area contributed by atoms with E-state index in [0.29, 0.717) is 18.7 Å².